The monoisotopic (exact) mass is 2290 g/mol. The third-order valence-electron chi connectivity index (χ3n) is 24.7. The normalized spacial score (nSPS) is 18.6. The van der Waals surface area contributed by atoms with Crippen LogP contribution in [-0.2, 0) is 23.7 Å². The summed E-state index contributed by atoms with van der Waals surface area (Å²) in [6, 6.07) is 31.9. The smallest absolute Gasteiger partial charge is 0.188 e. The highest BCUT2D eigenvalue weighted by Crippen LogP contribution is 2.44. The lowest BCUT2D eigenvalue weighted by atomic mass is 9.79. The molecule has 139 heavy (non-hydrogen) atoms. The topological polar surface area (TPSA) is 258 Å². The van der Waals surface area contributed by atoms with Crippen LogP contribution in [-0.4, -0.2) is 163 Å². The van der Waals surface area contributed by atoms with Crippen LogP contribution in [0, 0.1) is 45.1 Å². The van der Waals surface area contributed by atoms with Crippen LogP contribution in [0.2, 0.25) is 0 Å². The van der Waals surface area contributed by atoms with Gasteiger partial charge >= 0.3 is 0 Å². The molecule has 34 heteroatoms. The molecule has 20 rings (SSSR count). The van der Waals surface area contributed by atoms with Gasteiger partial charge in [-0.25, -0.2) is 38.7 Å². The first-order valence-electron chi connectivity index (χ1n) is 48.2. The molecule has 0 radical (unpaired) electrons. The highest BCUT2D eigenvalue weighted by molar-refractivity contribution is 14.1. The molecular weight excluding hydrogens is 2160 g/mol. The van der Waals surface area contributed by atoms with E-state index in [1.807, 2.05) is 115 Å². The summed E-state index contributed by atoms with van der Waals surface area (Å²) in [5, 5.41) is 45.3. The molecule has 0 spiro atoms. The fraction of sp³-hybridized carbons (Fsp3) is 0.495. The largest absolute Gasteiger partial charge is 0.507 e. The van der Waals surface area contributed by atoms with Gasteiger partial charge in [-0.1, -0.05) is 144 Å². The van der Waals surface area contributed by atoms with Crippen molar-refractivity contribution in [3.63, 3.8) is 0 Å². The quantitative estimate of drug-likeness (QED) is 0.0518. The molecule has 4 unspecified atom stereocenters. The van der Waals surface area contributed by atoms with Crippen LogP contribution in [0.3, 0.4) is 0 Å². The van der Waals surface area contributed by atoms with E-state index in [0.29, 0.717) is 12.1 Å². The number of aromatic nitrogens is 14. The number of phenolic OH excluding ortho intramolecular Hbond substituents is 1. The summed E-state index contributed by atoms with van der Waals surface area (Å²) >= 11 is 19.0. The number of benzene rings is 5. The van der Waals surface area contributed by atoms with E-state index >= 15 is 0 Å². The van der Waals surface area contributed by atoms with Crippen molar-refractivity contribution in [3.05, 3.63) is 203 Å². The van der Waals surface area contributed by atoms with Crippen molar-refractivity contribution in [1.29, 1.82) is 0 Å². The second kappa shape index (κ2) is 52.4. The number of methoxy groups -OCH3 is 1. The summed E-state index contributed by atoms with van der Waals surface area (Å²) in [6.45, 7) is 42.6. The number of hydrogen-bond acceptors (Lipinski definition) is 24. The first-order chi connectivity index (χ1) is 66.1. The number of thiazole rings is 4. The molecule has 5 aromatic carbocycles. The van der Waals surface area contributed by atoms with Crippen LogP contribution >= 0.6 is 128 Å². The van der Waals surface area contributed by atoms with E-state index in [1.54, 1.807) is 59.6 Å². The van der Waals surface area contributed by atoms with Crippen LogP contribution < -0.4 is 25.2 Å². The Bertz CT molecular complexity index is 5800. The van der Waals surface area contributed by atoms with E-state index in [0.717, 1.165) is 174 Å². The minimum Gasteiger partial charge on any atom is -0.507 e. The molecule has 0 amide bonds. The van der Waals surface area contributed by atoms with Crippen molar-refractivity contribution in [1.82, 2.24) is 79.9 Å². The van der Waals surface area contributed by atoms with Crippen molar-refractivity contribution < 1.29 is 33.5 Å². The van der Waals surface area contributed by atoms with E-state index in [1.165, 1.54) is 106 Å². The van der Waals surface area contributed by atoms with Gasteiger partial charge in [0.25, 0.3) is 0 Å². The molecule has 25 nitrogen and oxygen atoms in total. The van der Waals surface area contributed by atoms with Gasteiger partial charge in [-0.15, -0.1) is 12.4 Å². The Morgan fingerprint density at radius 1 is 0.446 bits per heavy atom. The van der Waals surface area contributed by atoms with Gasteiger partial charge in [0.1, 0.15) is 41.4 Å². The highest BCUT2D eigenvalue weighted by Gasteiger charge is 2.42. The number of hydrogen-bond donors (Lipinski definition) is 4. The third-order valence-corrected chi connectivity index (χ3v) is 31.7. The minimum atomic E-state index is 0. The van der Waals surface area contributed by atoms with E-state index in [9.17, 15) is 5.11 Å². The maximum absolute atomic E-state index is 10.6. The SMILES string of the molecule is CC.CC.CN(c1nc2sc(-c3ccc(-c4cn[nH]c4)cc3O)nc2s1)C1CC(C)(C)NC(C)(C)C1.CN(c1nc2sc(Br)nc2s1)C1CC(C)(C)NC(C)(C)C1.COCOc1cc(I)ccc1Br.Cc1cc(-c2cnn(C3CCCCO3)c2)ccc1Br.Cc1ccc(-c2cnn(C3CCCCO3)c2)cc1C.Cc1ccc(-c2cnn(C3CCCCO3)c2)cc1C.Cc1cnn(C2CCCCO2)c1.Cl. The number of aromatic amines is 1. The highest BCUT2D eigenvalue weighted by atomic mass is 127. The van der Waals surface area contributed by atoms with Gasteiger partial charge in [0.2, 0.25) is 0 Å². The van der Waals surface area contributed by atoms with Gasteiger partial charge < -0.3 is 54.0 Å². The van der Waals surface area contributed by atoms with E-state index in [-0.39, 0.29) is 72.0 Å². The van der Waals surface area contributed by atoms with Crippen LogP contribution in [0.4, 0.5) is 10.3 Å². The summed E-state index contributed by atoms with van der Waals surface area (Å²) in [5.41, 5.74) is 17.9. The molecule has 752 valence electrons. The first kappa shape index (κ1) is 112. The van der Waals surface area contributed by atoms with Gasteiger partial charge in [0.15, 0.2) is 40.3 Å². The Morgan fingerprint density at radius 3 is 1.22 bits per heavy atom. The standard InChI is InChI=1S/C23H28N6OS2.2C16H20N2O.C15H17BrN2O.C14H21BrN4S2.C9H14N2O.C8H8BrIO2.2C2H6.ClH/c1-22(2)9-15(10-23(3,4)28-22)29(5)21-27-20-19(32-21)26-18(31-20)16-7-6-13(8-17(16)30)14-11-24-25-12-14;2*1-12-6-7-14(9-13(12)2)15-10-17-18(11-15)16-5-3-4-8-19-16;1-11-8-12(5-6-14(11)16)13-9-17-18(10-13)15-4-2-3-7-19-15;1-13(2)6-8(7-14(3,4)18-13)19(5)12-17-10-9(21-12)16-11(15)20-10;1-8-6-10-11(7-8)9-4-2-3-5-12-9;1-11-5-12-8-4-6(10)2-3-7(8)9;2*1-2;/h6-8,11-12,15,28,30H,9-10H2,1-5H3,(H,24,25);2*6-7,9-11,16H,3-5,8H2,1-2H3;5-6,8-10,15H,2-4,7H2,1H3;8,18H,6-7H2,1-5H3;6-7,9H,2-5H2,1H3;2-4H,5H2,1H3;2*1-2H3;1H. The molecule has 9 aromatic heterocycles. The molecule has 6 saturated heterocycles. The lowest BCUT2D eigenvalue weighted by Crippen LogP contribution is -2.61. The average Bonchev–Trinajstić information content (AvgIpc) is 1.61. The molecular formula is C105H141Br3ClIN18O7S4. The fourth-order valence-corrected chi connectivity index (χ4v) is 23.7. The van der Waals surface area contributed by atoms with Crippen LogP contribution in [0.25, 0.3) is 74.4 Å². The molecule has 6 aliphatic heterocycles. The van der Waals surface area contributed by atoms with Gasteiger partial charge in [-0.2, -0.15) is 25.5 Å². The zero-order chi connectivity index (χ0) is 99.2. The molecule has 6 fully saturated rings. The van der Waals surface area contributed by atoms with E-state index < -0.39 is 0 Å². The predicted octanol–water partition coefficient (Wildman–Crippen LogP) is 29.0. The number of fused-ring (bicyclic) bond motifs is 2. The Kier molecular flexibility index (Phi) is 42.2. The number of anilines is 2. The van der Waals surface area contributed by atoms with Gasteiger partial charge in [-0.05, 0) is 346 Å². The molecule has 15 heterocycles. The first-order valence-corrected chi connectivity index (χ1v) is 54.9. The number of rotatable bonds is 16. The van der Waals surface area contributed by atoms with Gasteiger partial charge in [0.05, 0.1) is 41.0 Å². The molecule has 14 aromatic rings. The number of H-pyrrole nitrogens is 1. The zero-order valence-electron chi connectivity index (χ0n) is 84.4. The van der Waals surface area contributed by atoms with Crippen LogP contribution in [0.5, 0.6) is 11.5 Å². The number of nitrogens with one attached hydrogen (secondary N) is 3. The second-order valence-electron chi connectivity index (χ2n) is 38.1. The lowest BCUT2D eigenvalue weighted by Gasteiger charge is -2.48. The maximum atomic E-state index is 10.6. The number of aryl methyl sites for hydroxylation is 6. The minimum absolute atomic E-state index is 0. The Labute approximate surface area is 883 Å². The van der Waals surface area contributed by atoms with E-state index in [2.05, 4.69) is 304 Å². The third kappa shape index (κ3) is 31.8. The second-order valence-corrected chi connectivity index (χ2v) is 46.2. The molecule has 4 N–H and O–H groups in total. The van der Waals surface area contributed by atoms with Crippen LogP contribution in [0.1, 0.15) is 244 Å². The number of nitrogens with zero attached hydrogens (tertiary/aromatic N) is 15. The summed E-state index contributed by atoms with van der Waals surface area (Å²) in [6.07, 6.45) is 38.3. The fourth-order valence-electron chi connectivity index (χ4n) is 18.0. The number of aromatic hydroxyl groups is 1. The Hall–Kier alpha value is -7.43. The summed E-state index contributed by atoms with van der Waals surface area (Å²) in [5.74, 6) is 1.02. The number of ether oxygens (including phenoxy) is 6. The average molecular weight is 2300 g/mol. The Balaban J connectivity index is 0.000000157. The van der Waals surface area contributed by atoms with Crippen molar-refractivity contribution >= 4 is 158 Å². The molecule has 6 aliphatic rings. The summed E-state index contributed by atoms with van der Waals surface area (Å²) < 4.78 is 44.9. The summed E-state index contributed by atoms with van der Waals surface area (Å²) in [7, 11) is 5.91. The number of halogens is 5. The van der Waals surface area contributed by atoms with Crippen molar-refractivity contribution in [2.45, 2.75) is 287 Å². The maximum Gasteiger partial charge on any atom is 0.188 e. The molecule has 0 saturated carbocycles. The van der Waals surface area contributed by atoms with Crippen molar-refractivity contribution in [3.8, 4) is 66.6 Å². The van der Waals surface area contributed by atoms with Gasteiger partial charge in [-0.3, -0.25) is 5.10 Å². The lowest BCUT2D eigenvalue weighted by molar-refractivity contribution is -0.0395. The molecule has 4 atom stereocenters. The number of piperidine rings is 2. The summed E-state index contributed by atoms with van der Waals surface area (Å²) in [4.78, 5) is 27.5. The molecule has 0 aliphatic carbocycles. The van der Waals surface area contributed by atoms with Gasteiger partial charge in [0, 0.05) is 143 Å². The van der Waals surface area contributed by atoms with Crippen LogP contribution in [0.15, 0.2) is 166 Å². The Morgan fingerprint density at radius 2 is 0.842 bits per heavy atom. The predicted molar refractivity (Wildman–Crippen MR) is 594 cm³/mol. The van der Waals surface area contributed by atoms with Crippen molar-refractivity contribution in [2.24, 2.45) is 0 Å². The van der Waals surface area contributed by atoms with Crippen molar-refractivity contribution in [2.75, 3.05) is 64.2 Å². The number of phenols is 1. The zero-order valence-corrected chi connectivity index (χ0v) is 95.4. The van der Waals surface area contributed by atoms with E-state index in [4.69, 9.17) is 43.4 Å². The molecule has 0 bridgehead atoms.